The van der Waals surface area contributed by atoms with Crippen molar-refractivity contribution in [3.63, 3.8) is 0 Å². The SMILES string of the molecule is O=C(CCn1cnc2sc3c(c2c1=O)CCCC3)Oc1cccnc1Br. The van der Waals surface area contributed by atoms with Crippen molar-refractivity contribution >= 4 is 43.5 Å². The Labute approximate surface area is 162 Å². The number of pyridine rings is 1. The fraction of sp³-hybridized carbons (Fsp3) is 0.333. The molecule has 0 saturated carbocycles. The number of aromatic nitrogens is 3. The topological polar surface area (TPSA) is 74.1 Å². The Morgan fingerprint density at radius 2 is 2.15 bits per heavy atom. The highest BCUT2D eigenvalue weighted by Crippen LogP contribution is 2.33. The third kappa shape index (κ3) is 3.31. The third-order valence-corrected chi connectivity index (χ3v) is 6.24. The Hall–Kier alpha value is -2.06. The van der Waals surface area contributed by atoms with Crippen LogP contribution >= 0.6 is 27.3 Å². The normalized spacial score (nSPS) is 13.6. The molecule has 0 aliphatic heterocycles. The zero-order chi connectivity index (χ0) is 18.1. The molecule has 4 rings (SSSR count). The van der Waals surface area contributed by atoms with E-state index in [1.54, 1.807) is 29.7 Å². The van der Waals surface area contributed by atoms with Crippen LogP contribution in [-0.4, -0.2) is 20.5 Å². The monoisotopic (exact) mass is 433 g/mol. The van der Waals surface area contributed by atoms with E-state index >= 15 is 0 Å². The molecule has 0 N–H and O–H groups in total. The van der Waals surface area contributed by atoms with E-state index in [4.69, 9.17) is 4.74 Å². The van der Waals surface area contributed by atoms with Crippen LogP contribution in [-0.2, 0) is 24.2 Å². The van der Waals surface area contributed by atoms with Crippen LogP contribution in [0.25, 0.3) is 10.2 Å². The number of thiophene rings is 1. The summed E-state index contributed by atoms with van der Waals surface area (Å²) in [5.41, 5.74) is 1.09. The Morgan fingerprint density at radius 1 is 1.31 bits per heavy atom. The van der Waals surface area contributed by atoms with E-state index in [1.807, 2.05) is 0 Å². The lowest BCUT2D eigenvalue weighted by Gasteiger charge is -2.10. The van der Waals surface area contributed by atoms with E-state index in [2.05, 4.69) is 25.9 Å². The summed E-state index contributed by atoms with van der Waals surface area (Å²) in [5, 5.41) is 0.732. The summed E-state index contributed by atoms with van der Waals surface area (Å²) in [7, 11) is 0. The highest BCUT2D eigenvalue weighted by atomic mass is 79.9. The molecule has 6 nitrogen and oxygen atoms in total. The molecule has 0 aromatic carbocycles. The number of carbonyl (C=O) groups excluding carboxylic acids is 1. The summed E-state index contributed by atoms with van der Waals surface area (Å²) in [4.78, 5) is 35.5. The second-order valence-electron chi connectivity index (χ2n) is 6.15. The van der Waals surface area contributed by atoms with Crippen LogP contribution < -0.4 is 10.3 Å². The summed E-state index contributed by atoms with van der Waals surface area (Å²) < 4.78 is 7.26. The number of nitrogens with zero attached hydrogens (tertiary/aromatic N) is 3. The number of fused-ring (bicyclic) bond motifs is 3. The average molecular weight is 434 g/mol. The molecule has 3 aromatic rings. The molecule has 0 radical (unpaired) electrons. The molecule has 0 unspecified atom stereocenters. The molecule has 26 heavy (non-hydrogen) atoms. The molecule has 0 amide bonds. The maximum atomic E-state index is 12.8. The van der Waals surface area contributed by atoms with Gasteiger partial charge < -0.3 is 4.74 Å². The standard InChI is InChI=1S/C18H16BrN3O3S/c19-16-12(5-3-8-20-16)25-14(23)7-9-22-10-21-17-15(18(22)24)11-4-1-2-6-13(11)26-17/h3,5,8,10H,1-2,4,6-7,9H2. The van der Waals surface area contributed by atoms with Gasteiger partial charge in [0.1, 0.15) is 9.43 Å². The summed E-state index contributed by atoms with van der Waals surface area (Å²) in [6.07, 6.45) is 7.46. The molecule has 0 atom stereocenters. The largest absolute Gasteiger partial charge is 0.424 e. The third-order valence-electron chi connectivity index (χ3n) is 4.45. The van der Waals surface area contributed by atoms with E-state index in [1.165, 1.54) is 22.2 Å². The molecular weight excluding hydrogens is 418 g/mol. The van der Waals surface area contributed by atoms with Crippen molar-refractivity contribution in [1.82, 2.24) is 14.5 Å². The van der Waals surface area contributed by atoms with Gasteiger partial charge in [0.05, 0.1) is 18.1 Å². The van der Waals surface area contributed by atoms with Gasteiger partial charge in [-0.2, -0.15) is 0 Å². The number of ether oxygens (including phenoxy) is 1. The van der Waals surface area contributed by atoms with Gasteiger partial charge in [-0.15, -0.1) is 11.3 Å². The van der Waals surface area contributed by atoms with Crippen molar-refractivity contribution in [3.8, 4) is 5.75 Å². The van der Waals surface area contributed by atoms with Gasteiger partial charge in [-0.25, -0.2) is 9.97 Å². The maximum Gasteiger partial charge on any atom is 0.313 e. The van der Waals surface area contributed by atoms with Crippen LogP contribution in [0.4, 0.5) is 0 Å². The lowest BCUT2D eigenvalue weighted by Crippen LogP contribution is -2.23. The van der Waals surface area contributed by atoms with Crippen LogP contribution in [0.15, 0.2) is 34.1 Å². The molecule has 0 fully saturated rings. The zero-order valence-corrected chi connectivity index (χ0v) is 16.3. The Bertz CT molecular complexity index is 1040. The van der Waals surface area contributed by atoms with Gasteiger partial charge in [0.25, 0.3) is 5.56 Å². The van der Waals surface area contributed by atoms with Crippen LogP contribution in [0.2, 0.25) is 0 Å². The number of halogens is 1. The summed E-state index contributed by atoms with van der Waals surface area (Å²) in [6, 6.07) is 3.35. The van der Waals surface area contributed by atoms with Gasteiger partial charge in [0.2, 0.25) is 0 Å². The Morgan fingerprint density at radius 3 is 3.00 bits per heavy atom. The molecule has 0 bridgehead atoms. The fourth-order valence-electron chi connectivity index (χ4n) is 3.17. The number of hydrogen-bond donors (Lipinski definition) is 0. The minimum Gasteiger partial charge on any atom is -0.424 e. The van der Waals surface area contributed by atoms with Gasteiger partial charge in [-0.05, 0) is 59.3 Å². The van der Waals surface area contributed by atoms with Crippen LogP contribution in [0.5, 0.6) is 5.75 Å². The number of carbonyl (C=O) groups is 1. The van der Waals surface area contributed by atoms with Crippen molar-refractivity contribution < 1.29 is 9.53 Å². The van der Waals surface area contributed by atoms with Crippen molar-refractivity contribution in [3.05, 3.63) is 50.1 Å². The zero-order valence-electron chi connectivity index (χ0n) is 13.9. The minimum atomic E-state index is -0.418. The second-order valence-corrected chi connectivity index (χ2v) is 7.99. The predicted octanol–water partition coefficient (Wildman–Crippen LogP) is 3.49. The Balaban J connectivity index is 1.52. The first-order valence-electron chi connectivity index (χ1n) is 8.44. The van der Waals surface area contributed by atoms with Gasteiger partial charge >= 0.3 is 5.97 Å². The van der Waals surface area contributed by atoms with Crippen molar-refractivity contribution in [2.75, 3.05) is 0 Å². The smallest absolute Gasteiger partial charge is 0.313 e. The van der Waals surface area contributed by atoms with E-state index < -0.39 is 5.97 Å². The molecule has 134 valence electrons. The van der Waals surface area contributed by atoms with E-state index in [-0.39, 0.29) is 18.5 Å². The lowest BCUT2D eigenvalue weighted by atomic mass is 9.97. The first-order chi connectivity index (χ1) is 12.6. The van der Waals surface area contributed by atoms with Gasteiger partial charge in [0.15, 0.2) is 5.75 Å². The lowest BCUT2D eigenvalue weighted by molar-refractivity contribution is -0.134. The summed E-state index contributed by atoms with van der Waals surface area (Å²) >= 11 is 4.86. The molecule has 1 aliphatic carbocycles. The predicted molar refractivity (Wildman–Crippen MR) is 103 cm³/mol. The van der Waals surface area contributed by atoms with Gasteiger partial charge in [-0.1, -0.05) is 0 Å². The molecule has 0 spiro atoms. The molecule has 0 saturated heterocycles. The summed E-state index contributed by atoms with van der Waals surface area (Å²) in [5.74, 6) is -0.0524. The molecule has 3 heterocycles. The molecular formula is C18H16BrN3O3S. The van der Waals surface area contributed by atoms with Crippen LogP contribution in [0.3, 0.4) is 0 Å². The van der Waals surface area contributed by atoms with E-state index in [0.717, 1.165) is 35.0 Å². The van der Waals surface area contributed by atoms with Crippen molar-refractivity contribution in [1.29, 1.82) is 0 Å². The number of aryl methyl sites for hydroxylation is 3. The quantitative estimate of drug-likeness (QED) is 0.464. The fourth-order valence-corrected chi connectivity index (χ4v) is 4.72. The van der Waals surface area contributed by atoms with Crippen LogP contribution in [0.1, 0.15) is 29.7 Å². The van der Waals surface area contributed by atoms with Gasteiger partial charge in [0, 0.05) is 17.6 Å². The minimum absolute atomic E-state index is 0.0650. The molecule has 3 aromatic heterocycles. The van der Waals surface area contributed by atoms with Gasteiger partial charge in [-0.3, -0.25) is 14.2 Å². The number of hydrogen-bond acceptors (Lipinski definition) is 6. The first kappa shape index (κ1) is 17.4. The average Bonchev–Trinajstić information content (AvgIpc) is 3.02. The van der Waals surface area contributed by atoms with Crippen LogP contribution in [0, 0.1) is 0 Å². The second kappa shape index (κ2) is 7.28. The maximum absolute atomic E-state index is 12.8. The summed E-state index contributed by atoms with van der Waals surface area (Å²) in [6.45, 7) is 0.239. The highest BCUT2D eigenvalue weighted by Gasteiger charge is 2.20. The van der Waals surface area contributed by atoms with E-state index in [0.29, 0.717) is 10.4 Å². The first-order valence-corrected chi connectivity index (χ1v) is 10.1. The highest BCUT2D eigenvalue weighted by molar-refractivity contribution is 9.10. The molecule has 1 aliphatic rings. The van der Waals surface area contributed by atoms with Crippen molar-refractivity contribution in [2.24, 2.45) is 0 Å². The molecule has 8 heteroatoms. The number of esters is 1. The Kier molecular flexibility index (Phi) is 4.86. The van der Waals surface area contributed by atoms with E-state index in [9.17, 15) is 9.59 Å². The van der Waals surface area contributed by atoms with Crippen molar-refractivity contribution in [2.45, 2.75) is 38.6 Å². The number of rotatable bonds is 4.